The van der Waals surface area contributed by atoms with Gasteiger partial charge in [-0.05, 0) is 49.0 Å². The molecule has 1 unspecified atom stereocenters. The molecular weight excluding hydrogens is 250 g/mol. The lowest BCUT2D eigenvalue weighted by Gasteiger charge is -2.22. The summed E-state index contributed by atoms with van der Waals surface area (Å²) in [5.74, 6) is 3.33. The second-order valence-electron chi connectivity index (χ2n) is 5.17. The molecule has 1 aliphatic heterocycles. The van der Waals surface area contributed by atoms with Crippen LogP contribution in [0, 0.1) is 11.8 Å². The Morgan fingerprint density at radius 2 is 2.06 bits per heavy atom. The smallest absolute Gasteiger partial charge is 0.220 e. The van der Waals surface area contributed by atoms with Gasteiger partial charge in [-0.3, -0.25) is 4.79 Å². The van der Waals surface area contributed by atoms with Crippen molar-refractivity contribution >= 4 is 23.5 Å². The average Bonchev–Trinajstić information content (AvgIpc) is 3.20. The van der Waals surface area contributed by atoms with Crippen LogP contribution in [0.2, 0.25) is 0 Å². The Balaban J connectivity index is 1.81. The monoisotopic (exact) mass is 271 g/mol. The Morgan fingerprint density at radius 1 is 1.39 bits per heavy atom. The van der Waals surface area contributed by atoms with Gasteiger partial charge >= 0.3 is 0 Å². The lowest BCUT2D eigenvalue weighted by Crippen LogP contribution is -2.46. The first-order valence-corrected chi connectivity index (χ1v) is 7.70. The summed E-state index contributed by atoms with van der Waals surface area (Å²) in [6.45, 7) is 0. The molecule has 2 aliphatic rings. The van der Waals surface area contributed by atoms with Crippen LogP contribution in [0.1, 0.15) is 32.1 Å². The Bertz CT molecular complexity index is 325. The molecule has 0 aromatic carbocycles. The SMILES string of the molecule is NC(=NO)C(NC(=O)CC1CCSCC1)C1CC1. The highest BCUT2D eigenvalue weighted by Crippen LogP contribution is 2.33. The summed E-state index contributed by atoms with van der Waals surface area (Å²) in [5, 5.41) is 14.7. The molecule has 0 spiro atoms. The van der Waals surface area contributed by atoms with E-state index < -0.39 is 0 Å². The highest BCUT2D eigenvalue weighted by atomic mass is 32.2. The predicted octanol–water partition coefficient (Wildman–Crippen LogP) is 1.16. The average molecular weight is 271 g/mol. The van der Waals surface area contributed by atoms with Crippen LogP contribution in [-0.4, -0.2) is 34.5 Å². The molecule has 0 aromatic rings. The molecule has 2 rings (SSSR count). The summed E-state index contributed by atoms with van der Waals surface area (Å²) >= 11 is 1.96. The van der Waals surface area contributed by atoms with Crippen LogP contribution in [0.5, 0.6) is 0 Å². The van der Waals surface area contributed by atoms with E-state index in [9.17, 15) is 4.79 Å². The van der Waals surface area contributed by atoms with Crippen molar-refractivity contribution < 1.29 is 10.0 Å². The van der Waals surface area contributed by atoms with Crippen molar-refractivity contribution in [3.05, 3.63) is 0 Å². The molecule has 1 saturated carbocycles. The van der Waals surface area contributed by atoms with Gasteiger partial charge in [0.15, 0.2) is 5.84 Å². The Morgan fingerprint density at radius 3 is 2.61 bits per heavy atom. The molecule has 102 valence electrons. The number of hydrogen-bond acceptors (Lipinski definition) is 4. The number of nitrogens with zero attached hydrogens (tertiary/aromatic N) is 1. The van der Waals surface area contributed by atoms with Gasteiger partial charge in [-0.25, -0.2) is 0 Å². The van der Waals surface area contributed by atoms with Gasteiger partial charge in [0.05, 0.1) is 6.04 Å². The standard InChI is InChI=1S/C12H21N3O2S/c13-12(15-17)11(9-1-2-9)14-10(16)7-8-3-5-18-6-4-8/h8-9,11,17H,1-7H2,(H2,13,15)(H,14,16). The molecule has 0 radical (unpaired) electrons. The molecule has 6 heteroatoms. The van der Waals surface area contributed by atoms with Crippen molar-refractivity contribution in [1.29, 1.82) is 0 Å². The van der Waals surface area contributed by atoms with Gasteiger partial charge in [0.25, 0.3) is 0 Å². The maximum atomic E-state index is 12.0. The Labute approximate surface area is 112 Å². The minimum absolute atomic E-state index is 0.0374. The molecule has 0 aromatic heterocycles. The maximum Gasteiger partial charge on any atom is 0.220 e. The fourth-order valence-corrected chi connectivity index (χ4v) is 3.57. The lowest BCUT2D eigenvalue weighted by atomic mass is 9.98. The molecule has 18 heavy (non-hydrogen) atoms. The summed E-state index contributed by atoms with van der Waals surface area (Å²) in [7, 11) is 0. The van der Waals surface area contributed by atoms with Crippen LogP contribution in [0.25, 0.3) is 0 Å². The summed E-state index contributed by atoms with van der Waals surface area (Å²) in [6.07, 6.45) is 4.90. The first-order chi connectivity index (χ1) is 8.70. The third-order valence-electron chi connectivity index (χ3n) is 3.66. The van der Waals surface area contributed by atoms with E-state index in [1.165, 1.54) is 0 Å². The number of thioether (sulfide) groups is 1. The van der Waals surface area contributed by atoms with E-state index in [0.717, 1.165) is 37.2 Å². The summed E-state index contributed by atoms with van der Waals surface area (Å²) in [5.41, 5.74) is 5.62. The van der Waals surface area contributed by atoms with Crippen molar-refractivity contribution in [2.75, 3.05) is 11.5 Å². The number of carbonyl (C=O) groups is 1. The van der Waals surface area contributed by atoms with Crippen molar-refractivity contribution in [1.82, 2.24) is 5.32 Å². The fourth-order valence-electron chi connectivity index (χ4n) is 2.37. The zero-order valence-corrected chi connectivity index (χ0v) is 11.3. The first kappa shape index (κ1) is 13.5. The van der Waals surface area contributed by atoms with Gasteiger partial charge in [0.2, 0.25) is 5.91 Å². The number of nitrogens with one attached hydrogen (secondary N) is 1. The molecule has 2 fully saturated rings. The largest absolute Gasteiger partial charge is 0.409 e. The lowest BCUT2D eigenvalue weighted by molar-refractivity contribution is -0.122. The van der Waals surface area contributed by atoms with Gasteiger partial charge in [0.1, 0.15) is 0 Å². The maximum absolute atomic E-state index is 12.0. The summed E-state index contributed by atoms with van der Waals surface area (Å²) in [6, 6.07) is -0.277. The molecular formula is C12H21N3O2S. The number of oxime groups is 1. The van der Waals surface area contributed by atoms with Gasteiger partial charge in [-0.15, -0.1) is 0 Å². The van der Waals surface area contributed by atoms with E-state index in [-0.39, 0.29) is 17.8 Å². The van der Waals surface area contributed by atoms with Crippen LogP contribution in [-0.2, 0) is 4.79 Å². The van der Waals surface area contributed by atoms with E-state index >= 15 is 0 Å². The zero-order valence-electron chi connectivity index (χ0n) is 10.5. The highest BCUT2D eigenvalue weighted by molar-refractivity contribution is 7.99. The number of rotatable bonds is 5. The van der Waals surface area contributed by atoms with Gasteiger partial charge in [-0.2, -0.15) is 11.8 Å². The van der Waals surface area contributed by atoms with Crippen molar-refractivity contribution in [2.45, 2.75) is 38.1 Å². The van der Waals surface area contributed by atoms with E-state index in [1.54, 1.807) is 0 Å². The second-order valence-corrected chi connectivity index (χ2v) is 6.39. The quantitative estimate of drug-likeness (QED) is 0.303. The molecule has 5 nitrogen and oxygen atoms in total. The fraction of sp³-hybridized carbons (Fsp3) is 0.833. The molecule has 1 amide bonds. The number of amidine groups is 1. The second kappa shape index (κ2) is 6.31. The molecule has 1 saturated heterocycles. The number of nitrogens with two attached hydrogens (primary N) is 1. The van der Waals surface area contributed by atoms with Crippen LogP contribution >= 0.6 is 11.8 Å². The van der Waals surface area contributed by atoms with Crippen LogP contribution in [0.15, 0.2) is 5.16 Å². The molecule has 4 N–H and O–H groups in total. The topological polar surface area (TPSA) is 87.7 Å². The van der Waals surface area contributed by atoms with E-state index in [4.69, 9.17) is 10.9 Å². The predicted molar refractivity (Wildman–Crippen MR) is 72.7 cm³/mol. The normalized spacial score (nSPS) is 23.7. The van der Waals surface area contributed by atoms with Gasteiger partial charge in [0, 0.05) is 6.42 Å². The number of amides is 1. The van der Waals surface area contributed by atoms with Crippen molar-refractivity contribution in [3.8, 4) is 0 Å². The minimum Gasteiger partial charge on any atom is -0.409 e. The summed E-state index contributed by atoms with van der Waals surface area (Å²) in [4.78, 5) is 12.0. The number of hydrogen-bond donors (Lipinski definition) is 3. The van der Waals surface area contributed by atoms with E-state index in [2.05, 4.69) is 10.5 Å². The Hall–Kier alpha value is -0.910. The van der Waals surface area contributed by atoms with E-state index in [1.807, 2.05) is 11.8 Å². The van der Waals surface area contributed by atoms with Crippen LogP contribution in [0.3, 0.4) is 0 Å². The summed E-state index contributed by atoms with van der Waals surface area (Å²) < 4.78 is 0. The third-order valence-corrected chi connectivity index (χ3v) is 4.71. The van der Waals surface area contributed by atoms with Crippen molar-refractivity contribution in [3.63, 3.8) is 0 Å². The van der Waals surface area contributed by atoms with Crippen molar-refractivity contribution in [2.24, 2.45) is 22.7 Å². The van der Waals surface area contributed by atoms with Gasteiger partial charge < -0.3 is 16.3 Å². The highest BCUT2D eigenvalue weighted by Gasteiger charge is 2.35. The number of carbonyl (C=O) groups excluding carboxylic acids is 1. The first-order valence-electron chi connectivity index (χ1n) is 6.55. The van der Waals surface area contributed by atoms with Crippen LogP contribution < -0.4 is 11.1 Å². The molecule has 1 heterocycles. The molecule has 0 bridgehead atoms. The molecule has 1 atom stereocenters. The zero-order chi connectivity index (χ0) is 13.0. The van der Waals surface area contributed by atoms with Crippen LogP contribution in [0.4, 0.5) is 0 Å². The van der Waals surface area contributed by atoms with Gasteiger partial charge in [-0.1, -0.05) is 5.16 Å². The molecule has 1 aliphatic carbocycles. The van der Waals surface area contributed by atoms with E-state index in [0.29, 0.717) is 18.3 Å². The third kappa shape index (κ3) is 3.80. The minimum atomic E-state index is -0.277. The Kier molecular flexibility index (Phi) is 4.74.